The highest BCUT2D eigenvalue weighted by Crippen LogP contribution is 2.31. The Labute approximate surface area is 222 Å². The lowest BCUT2D eigenvalue weighted by Crippen LogP contribution is -2.49. The van der Waals surface area contributed by atoms with Crippen molar-refractivity contribution in [3.63, 3.8) is 0 Å². The summed E-state index contributed by atoms with van der Waals surface area (Å²) in [6, 6.07) is 9.27. The van der Waals surface area contributed by atoms with Crippen LogP contribution < -0.4 is 5.32 Å². The van der Waals surface area contributed by atoms with Crippen LogP contribution in [-0.4, -0.2) is 52.0 Å². The van der Waals surface area contributed by atoms with Gasteiger partial charge in [-0.2, -0.15) is 26.3 Å². The summed E-state index contributed by atoms with van der Waals surface area (Å²) in [4.78, 5) is 24.2. The number of aromatic amines is 1. The van der Waals surface area contributed by atoms with Gasteiger partial charge in [-0.15, -0.1) is 0 Å². The zero-order chi connectivity index (χ0) is 28.4. The number of aryl methyl sites for hydroxylation is 1. The van der Waals surface area contributed by atoms with Crippen LogP contribution in [0.2, 0.25) is 0 Å². The molecule has 12 heteroatoms. The van der Waals surface area contributed by atoms with Gasteiger partial charge in [-0.3, -0.25) is 4.90 Å². The molecule has 1 aliphatic rings. The van der Waals surface area contributed by atoms with Gasteiger partial charge in [0.2, 0.25) is 0 Å². The Morgan fingerprint density at radius 3 is 2.03 bits per heavy atom. The van der Waals surface area contributed by atoms with Crippen molar-refractivity contribution in [3.8, 4) is 11.4 Å². The monoisotopic (exact) mass is 553 g/mol. The quantitative estimate of drug-likeness (QED) is 0.356. The van der Waals surface area contributed by atoms with E-state index in [9.17, 15) is 31.1 Å². The number of H-pyrrole nitrogens is 1. The molecule has 0 saturated carbocycles. The number of hydrogen-bond donors (Lipinski definition) is 2. The zero-order valence-electron chi connectivity index (χ0n) is 21.5. The van der Waals surface area contributed by atoms with Crippen LogP contribution in [0.5, 0.6) is 0 Å². The van der Waals surface area contributed by atoms with Crippen molar-refractivity contribution in [1.29, 1.82) is 0 Å². The topological polar surface area (TPSA) is 64.3 Å². The van der Waals surface area contributed by atoms with E-state index in [2.05, 4.69) is 20.2 Å². The van der Waals surface area contributed by atoms with Gasteiger partial charge in [0.25, 0.3) is 0 Å². The highest BCUT2D eigenvalue weighted by molar-refractivity contribution is 5.74. The molecule has 0 spiro atoms. The third kappa shape index (κ3) is 6.92. The van der Waals surface area contributed by atoms with Crippen LogP contribution in [0, 0.1) is 6.92 Å². The molecule has 0 aliphatic carbocycles. The van der Waals surface area contributed by atoms with Gasteiger partial charge in [-0.05, 0) is 49.6 Å². The van der Waals surface area contributed by atoms with Crippen LogP contribution in [0.1, 0.15) is 40.9 Å². The van der Waals surface area contributed by atoms with E-state index in [1.807, 2.05) is 6.92 Å². The van der Waals surface area contributed by atoms with Gasteiger partial charge in [0.1, 0.15) is 5.82 Å². The second kappa shape index (κ2) is 11.3. The first-order chi connectivity index (χ1) is 18.3. The van der Waals surface area contributed by atoms with Crippen LogP contribution in [0.25, 0.3) is 11.4 Å². The summed E-state index contributed by atoms with van der Waals surface area (Å²) in [6.45, 7) is 3.94. The first-order valence-electron chi connectivity index (χ1n) is 12.4. The number of piperidine rings is 1. The van der Waals surface area contributed by atoms with Crippen LogP contribution in [0.15, 0.2) is 48.5 Å². The van der Waals surface area contributed by atoms with Gasteiger partial charge in [-0.1, -0.05) is 24.3 Å². The SMILES string of the molecule is CNC(=O)N(Cc1ccc(C(F)(F)F)cc1)C1CCN(Cc2nc(-c3ccc(C(F)(F)F)cc3)[nH]c2C)CC1. The van der Waals surface area contributed by atoms with Crippen molar-refractivity contribution in [2.45, 2.75) is 51.2 Å². The van der Waals surface area contributed by atoms with Crippen molar-refractivity contribution < 1.29 is 31.1 Å². The Hall–Kier alpha value is -3.54. The van der Waals surface area contributed by atoms with Gasteiger partial charge < -0.3 is 15.2 Å². The first kappa shape index (κ1) is 28.5. The molecule has 2 heterocycles. The number of rotatable bonds is 6. The van der Waals surface area contributed by atoms with Gasteiger partial charge >= 0.3 is 18.4 Å². The van der Waals surface area contributed by atoms with E-state index in [-0.39, 0.29) is 18.6 Å². The molecular formula is C27H29F6N5O. The van der Waals surface area contributed by atoms with Gasteiger partial charge in [0.05, 0.1) is 16.8 Å². The summed E-state index contributed by atoms with van der Waals surface area (Å²) in [5, 5.41) is 2.62. The number of aromatic nitrogens is 2. The third-order valence-electron chi connectivity index (χ3n) is 6.95. The molecule has 0 bridgehead atoms. The van der Waals surface area contributed by atoms with Crippen LogP contribution >= 0.6 is 0 Å². The minimum atomic E-state index is -4.42. The summed E-state index contributed by atoms with van der Waals surface area (Å²) in [5.74, 6) is 0.494. The summed E-state index contributed by atoms with van der Waals surface area (Å²) in [7, 11) is 1.52. The second-order valence-electron chi connectivity index (χ2n) is 9.62. The molecule has 1 fully saturated rings. The molecule has 0 atom stereocenters. The van der Waals surface area contributed by atoms with E-state index < -0.39 is 23.5 Å². The van der Waals surface area contributed by atoms with E-state index in [1.54, 1.807) is 4.90 Å². The number of carbonyl (C=O) groups is 1. The Morgan fingerprint density at radius 2 is 1.51 bits per heavy atom. The number of urea groups is 1. The highest BCUT2D eigenvalue weighted by Gasteiger charge is 2.32. The molecule has 0 radical (unpaired) electrons. The molecule has 2 N–H and O–H groups in total. The molecular weight excluding hydrogens is 524 g/mol. The largest absolute Gasteiger partial charge is 0.416 e. The molecule has 210 valence electrons. The number of imidazole rings is 1. The number of nitrogens with zero attached hydrogens (tertiary/aromatic N) is 3. The van der Waals surface area contributed by atoms with Crippen molar-refractivity contribution in [3.05, 3.63) is 76.6 Å². The fourth-order valence-corrected chi connectivity index (χ4v) is 4.71. The van der Waals surface area contributed by atoms with Crippen LogP contribution in [0.4, 0.5) is 31.1 Å². The van der Waals surface area contributed by atoms with E-state index in [0.717, 1.165) is 35.7 Å². The molecule has 1 saturated heterocycles. The maximum absolute atomic E-state index is 12.9. The lowest BCUT2D eigenvalue weighted by molar-refractivity contribution is -0.138. The number of benzene rings is 2. The highest BCUT2D eigenvalue weighted by atomic mass is 19.4. The van der Waals surface area contributed by atoms with Crippen molar-refractivity contribution in [2.75, 3.05) is 20.1 Å². The lowest BCUT2D eigenvalue weighted by atomic mass is 10.0. The number of halogens is 6. The number of hydrogen-bond acceptors (Lipinski definition) is 3. The van der Waals surface area contributed by atoms with E-state index in [1.165, 1.54) is 31.3 Å². The normalized spacial score (nSPS) is 15.4. The summed E-state index contributed by atoms with van der Waals surface area (Å²) in [5.41, 5.74) is 1.32. The maximum atomic E-state index is 12.9. The molecule has 2 amide bonds. The number of alkyl halides is 6. The average molecular weight is 554 g/mol. The molecule has 3 aromatic rings. The molecule has 0 unspecified atom stereocenters. The van der Waals surface area contributed by atoms with E-state index >= 15 is 0 Å². The zero-order valence-corrected chi connectivity index (χ0v) is 21.5. The Kier molecular flexibility index (Phi) is 8.24. The number of carbonyl (C=O) groups excluding carboxylic acids is 1. The Bertz CT molecular complexity index is 1260. The lowest BCUT2D eigenvalue weighted by Gasteiger charge is -2.38. The molecule has 1 aromatic heterocycles. The van der Waals surface area contributed by atoms with Crippen molar-refractivity contribution in [1.82, 2.24) is 25.1 Å². The first-order valence-corrected chi connectivity index (χ1v) is 12.4. The molecule has 6 nitrogen and oxygen atoms in total. The van der Waals surface area contributed by atoms with Gasteiger partial charge in [0, 0.05) is 50.5 Å². The van der Waals surface area contributed by atoms with Crippen molar-refractivity contribution in [2.24, 2.45) is 0 Å². The predicted molar refractivity (Wildman–Crippen MR) is 134 cm³/mol. The number of nitrogens with one attached hydrogen (secondary N) is 2. The standard InChI is InChI=1S/C27H29F6N5O/c1-17-23(36-24(35-17)19-5-9-21(10-6-19)27(31,32)33)16-37-13-11-22(12-14-37)38(25(39)34-2)15-18-3-7-20(8-4-18)26(28,29)30/h3-10,22H,11-16H2,1-2H3,(H,34,39)(H,35,36). The molecule has 4 rings (SSSR count). The summed E-state index contributed by atoms with van der Waals surface area (Å²) in [6.07, 6.45) is -7.48. The van der Waals surface area contributed by atoms with Gasteiger partial charge in [0.15, 0.2) is 0 Å². The maximum Gasteiger partial charge on any atom is 0.416 e. The van der Waals surface area contributed by atoms with Gasteiger partial charge in [-0.25, -0.2) is 9.78 Å². The van der Waals surface area contributed by atoms with Crippen LogP contribution in [-0.2, 0) is 25.4 Å². The molecule has 39 heavy (non-hydrogen) atoms. The number of likely N-dealkylation sites (tertiary alicyclic amines) is 1. The third-order valence-corrected chi connectivity index (χ3v) is 6.95. The second-order valence-corrected chi connectivity index (χ2v) is 9.62. The minimum absolute atomic E-state index is 0.0912. The van der Waals surface area contributed by atoms with E-state index in [4.69, 9.17) is 0 Å². The van der Waals surface area contributed by atoms with Crippen molar-refractivity contribution >= 4 is 6.03 Å². The Balaban J connectivity index is 1.37. The smallest absolute Gasteiger partial charge is 0.342 e. The summed E-state index contributed by atoms with van der Waals surface area (Å²) >= 11 is 0. The average Bonchev–Trinajstić information content (AvgIpc) is 3.26. The Morgan fingerprint density at radius 1 is 0.974 bits per heavy atom. The fraction of sp³-hybridized carbons (Fsp3) is 0.407. The predicted octanol–water partition coefficient (Wildman–Crippen LogP) is 6.23. The fourth-order valence-electron chi connectivity index (χ4n) is 4.71. The molecule has 1 aliphatic heterocycles. The molecule has 2 aromatic carbocycles. The van der Waals surface area contributed by atoms with E-state index in [0.29, 0.717) is 49.4 Å². The summed E-state index contributed by atoms with van der Waals surface area (Å²) < 4.78 is 77.3. The van der Waals surface area contributed by atoms with Crippen LogP contribution in [0.3, 0.4) is 0 Å². The minimum Gasteiger partial charge on any atom is -0.342 e. The number of amides is 2.